The molecule has 0 radical (unpaired) electrons. The van der Waals surface area contributed by atoms with Crippen LogP contribution in [-0.2, 0) is 4.74 Å². The van der Waals surface area contributed by atoms with Crippen LogP contribution in [-0.4, -0.2) is 54.2 Å². The molecule has 1 heterocycles. The highest BCUT2D eigenvalue weighted by atomic mass is 16.5. The molecule has 1 N–H and O–H groups in total. The number of Topliss-reactive ketones (excluding diaryl/α,β-unsaturated/α-hetero) is 1. The van der Waals surface area contributed by atoms with Crippen molar-refractivity contribution in [2.45, 2.75) is 32.4 Å². The van der Waals surface area contributed by atoms with E-state index in [1.165, 1.54) is 0 Å². The lowest BCUT2D eigenvalue weighted by atomic mass is 10.1. The lowest BCUT2D eigenvalue weighted by Gasteiger charge is -2.37. The minimum Gasteiger partial charge on any atom is -0.394 e. The number of carbonyl (C=O) groups excluding carboxylic acids is 1. The van der Waals surface area contributed by atoms with Crippen molar-refractivity contribution >= 4 is 5.78 Å². The van der Waals surface area contributed by atoms with Crippen LogP contribution in [0.3, 0.4) is 0 Å². The molecule has 20 heavy (non-hydrogen) atoms. The van der Waals surface area contributed by atoms with Crippen molar-refractivity contribution < 1.29 is 14.6 Å². The minimum atomic E-state index is -0.124. The number of rotatable bonds is 5. The largest absolute Gasteiger partial charge is 0.394 e. The fourth-order valence-corrected chi connectivity index (χ4v) is 2.43. The van der Waals surface area contributed by atoms with E-state index in [0.717, 1.165) is 11.1 Å². The first-order valence-electron chi connectivity index (χ1n) is 7.16. The van der Waals surface area contributed by atoms with Crippen molar-refractivity contribution in [3.63, 3.8) is 0 Å². The minimum absolute atomic E-state index is 0.0368. The van der Waals surface area contributed by atoms with E-state index in [0.29, 0.717) is 32.2 Å². The quantitative estimate of drug-likeness (QED) is 0.831. The van der Waals surface area contributed by atoms with Crippen LogP contribution in [0.15, 0.2) is 24.3 Å². The van der Waals surface area contributed by atoms with Gasteiger partial charge in [-0.3, -0.25) is 9.69 Å². The summed E-state index contributed by atoms with van der Waals surface area (Å²) in [6.07, 6.45) is 0.381. The van der Waals surface area contributed by atoms with E-state index in [9.17, 15) is 4.79 Å². The van der Waals surface area contributed by atoms with Gasteiger partial charge >= 0.3 is 0 Å². The number of aryl methyl sites for hydroxylation is 1. The van der Waals surface area contributed by atoms with E-state index < -0.39 is 0 Å². The molecule has 2 atom stereocenters. The highest BCUT2D eigenvalue weighted by molar-refractivity contribution is 5.96. The summed E-state index contributed by atoms with van der Waals surface area (Å²) in [5, 5.41) is 9.16. The van der Waals surface area contributed by atoms with Gasteiger partial charge in [0.25, 0.3) is 0 Å². The van der Waals surface area contributed by atoms with E-state index in [1.807, 2.05) is 31.2 Å². The second-order valence-corrected chi connectivity index (χ2v) is 5.52. The Morgan fingerprint density at radius 1 is 1.40 bits per heavy atom. The Labute approximate surface area is 120 Å². The van der Waals surface area contributed by atoms with Crippen LogP contribution >= 0.6 is 0 Å². The first-order valence-corrected chi connectivity index (χ1v) is 7.16. The number of carbonyl (C=O) groups is 1. The van der Waals surface area contributed by atoms with Crippen LogP contribution < -0.4 is 0 Å². The van der Waals surface area contributed by atoms with Gasteiger partial charge in [-0.05, 0) is 13.8 Å². The second-order valence-electron chi connectivity index (χ2n) is 5.52. The fraction of sp³-hybridized carbons (Fsp3) is 0.562. The Bertz CT molecular complexity index is 444. The third-order valence-electron chi connectivity index (χ3n) is 3.84. The van der Waals surface area contributed by atoms with Gasteiger partial charge in [0, 0.05) is 31.1 Å². The maximum atomic E-state index is 12.1. The monoisotopic (exact) mass is 277 g/mol. The van der Waals surface area contributed by atoms with Crippen molar-refractivity contribution in [2.75, 3.05) is 26.3 Å². The lowest BCUT2D eigenvalue weighted by Crippen LogP contribution is -2.49. The lowest BCUT2D eigenvalue weighted by molar-refractivity contribution is -0.0772. The standard InChI is InChI=1S/C16H23NO3/c1-12-3-5-14(6-4-12)16(19)7-8-17-9-15(10-18)20-11-13(17)2/h3-6,13,15,18H,7-11H2,1-2H3. The van der Waals surface area contributed by atoms with Crippen LogP contribution in [0.4, 0.5) is 0 Å². The first kappa shape index (κ1) is 15.2. The number of benzene rings is 1. The van der Waals surface area contributed by atoms with Gasteiger partial charge in [-0.1, -0.05) is 29.8 Å². The van der Waals surface area contributed by atoms with Crippen LogP contribution in [0.25, 0.3) is 0 Å². The van der Waals surface area contributed by atoms with Crippen molar-refractivity contribution in [1.29, 1.82) is 0 Å². The van der Waals surface area contributed by atoms with Crippen molar-refractivity contribution in [2.24, 2.45) is 0 Å². The Kier molecular flexibility index (Phi) is 5.29. The van der Waals surface area contributed by atoms with Crippen LogP contribution in [0.5, 0.6) is 0 Å². The molecule has 0 aliphatic carbocycles. The summed E-state index contributed by atoms with van der Waals surface area (Å²) in [6.45, 7) is 6.16. The summed E-state index contributed by atoms with van der Waals surface area (Å²) in [5.74, 6) is 0.171. The molecule has 2 unspecified atom stereocenters. The van der Waals surface area contributed by atoms with Gasteiger partial charge in [-0.15, -0.1) is 0 Å². The molecule has 0 saturated carbocycles. The molecular weight excluding hydrogens is 254 g/mol. The molecule has 1 aliphatic rings. The molecule has 0 aromatic heterocycles. The smallest absolute Gasteiger partial charge is 0.164 e. The third-order valence-corrected chi connectivity index (χ3v) is 3.84. The molecule has 1 saturated heterocycles. The molecule has 110 valence electrons. The Hall–Kier alpha value is -1.23. The van der Waals surface area contributed by atoms with Gasteiger partial charge in [0.15, 0.2) is 5.78 Å². The molecule has 4 nitrogen and oxygen atoms in total. The maximum Gasteiger partial charge on any atom is 0.164 e. The fourth-order valence-electron chi connectivity index (χ4n) is 2.43. The molecule has 1 aromatic rings. The summed E-state index contributed by atoms with van der Waals surface area (Å²) in [5.41, 5.74) is 1.93. The predicted octanol–water partition coefficient (Wildman–Crippen LogP) is 1.65. The first-order chi connectivity index (χ1) is 9.60. The summed E-state index contributed by atoms with van der Waals surface area (Å²) >= 11 is 0. The summed E-state index contributed by atoms with van der Waals surface area (Å²) in [7, 11) is 0. The highest BCUT2D eigenvalue weighted by Crippen LogP contribution is 2.13. The molecule has 1 aromatic carbocycles. The molecule has 1 aliphatic heterocycles. The van der Waals surface area contributed by atoms with Gasteiger partial charge in [-0.25, -0.2) is 0 Å². The topological polar surface area (TPSA) is 49.8 Å². The zero-order valence-corrected chi connectivity index (χ0v) is 12.2. The Morgan fingerprint density at radius 3 is 2.75 bits per heavy atom. The number of nitrogens with zero attached hydrogens (tertiary/aromatic N) is 1. The van der Waals surface area contributed by atoms with E-state index in [4.69, 9.17) is 9.84 Å². The number of hydrogen-bond donors (Lipinski definition) is 1. The Morgan fingerprint density at radius 2 is 2.10 bits per heavy atom. The second kappa shape index (κ2) is 6.97. The molecule has 0 amide bonds. The van der Waals surface area contributed by atoms with Crippen molar-refractivity contribution in [3.8, 4) is 0 Å². The number of aliphatic hydroxyl groups is 1. The zero-order valence-electron chi connectivity index (χ0n) is 12.2. The van der Waals surface area contributed by atoms with Crippen LogP contribution in [0.2, 0.25) is 0 Å². The molecular formula is C16H23NO3. The average molecular weight is 277 g/mol. The number of ether oxygens (including phenoxy) is 1. The van der Waals surface area contributed by atoms with Gasteiger partial charge < -0.3 is 9.84 Å². The molecule has 4 heteroatoms. The molecule has 0 spiro atoms. The molecule has 1 fully saturated rings. The van der Waals surface area contributed by atoms with E-state index in [2.05, 4.69) is 11.8 Å². The number of ketones is 1. The summed E-state index contributed by atoms with van der Waals surface area (Å²) < 4.78 is 5.50. The SMILES string of the molecule is Cc1ccc(C(=O)CCN2CC(CO)OCC2C)cc1. The van der Waals surface area contributed by atoms with E-state index in [-0.39, 0.29) is 18.5 Å². The van der Waals surface area contributed by atoms with Gasteiger partial charge in [0.1, 0.15) is 0 Å². The summed E-state index contributed by atoms with van der Waals surface area (Å²) in [4.78, 5) is 14.4. The van der Waals surface area contributed by atoms with Crippen LogP contribution in [0, 0.1) is 6.92 Å². The molecule has 0 bridgehead atoms. The number of aliphatic hydroxyl groups excluding tert-OH is 1. The van der Waals surface area contributed by atoms with E-state index >= 15 is 0 Å². The molecule has 2 rings (SSSR count). The van der Waals surface area contributed by atoms with Gasteiger partial charge in [0.05, 0.1) is 19.3 Å². The van der Waals surface area contributed by atoms with Crippen molar-refractivity contribution in [3.05, 3.63) is 35.4 Å². The number of morpholine rings is 1. The number of hydrogen-bond acceptors (Lipinski definition) is 4. The van der Waals surface area contributed by atoms with E-state index in [1.54, 1.807) is 0 Å². The van der Waals surface area contributed by atoms with Gasteiger partial charge in [0.2, 0.25) is 0 Å². The van der Waals surface area contributed by atoms with Crippen molar-refractivity contribution in [1.82, 2.24) is 4.90 Å². The van der Waals surface area contributed by atoms with Gasteiger partial charge in [-0.2, -0.15) is 0 Å². The maximum absolute atomic E-state index is 12.1. The average Bonchev–Trinajstić information content (AvgIpc) is 2.47. The normalized spacial score (nSPS) is 23.8. The predicted molar refractivity (Wildman–Crippen MR) is 78.0 cm³/mol. The third kappa shape index (κ3) is 3.88. The highest BCUT2D eigenvalue weighted by Gasteiger charge is 2.25. The summed E-state index contributed by atoms with van der Waals surface area (Å²) in [6, 6.07) is 8.00. The Balaban J connectivity index is 1.87. The zero-order chi connectivity index (χ0) is 14.5. The van der Waals surface area contributed by atoms with Crippen LogP contribution in [0.1, 0.15) is 29.3 Å².